The maximum atomic E-state index is 14.2. The molecule has 54 heavy (non-hydrogen) atoms. The van der Waals surface area contributed by atoms with Gasteiger partial charge in [0.1, 0.15) is 12.1 Å². The van der Waals surface area contributed by atoms with Crippen molar-refractivity contribution in [3.63, 3.8) is 0 Å². The Morgan fingerprint density at radius 2 is 1.54 bits per heavy atom. The number of aromatic nitrogens is 1. The topological polar surface area (TPSA) is 155 Å². The van der Waals surface area contributed by atoms with Crippen LogP contribution < -0.4 is 10.6 Å². The van der Waals surface area contributed by atoms with Crippen molar-refractivity contribution in [2.75, 3.05) is 29.9 Å². The Morgan fingerprint density at radius 3 is 2.20 bits per heavy atom. The number of anilines is 1. The highest BCUT2D eigenvalue weighted by atomic mass is 32.2. The summed E-state index contributed by atoms with van der Waals surface area (Å²) < 4.78 is 26.4. The minimum Gasteiger partial charge on any atom is -0.478 e. The molecule has 0 atom stereocenters. The molecule has 3 aliphatic rings. The lowest BCUT2D eigenvalue weighted by molar-refractivity contribution is -0.132. The van der Waals surface area contributed by atoms with E-state index in [1.54, 1.807) is 29.2 Å². The van der Waals surface area contributed by atoms with Gasteiger partial charge in [0.25, 0.3) is 5.91 Å². The molecule has 1 aliphatic heterocycles. The molecule has 2 saturated carbocycles. The zero-order chi connectivity index (χ0) is 37.9. The second kappa shape index (κ2) is 15.6. The molecule has 1 saturated heterocycles. The SMILES string of the molecule is O=C(O)/C=C/c1ccc(NC(=O)C2(NC(=O)c3ccc4c(C5CCCCC5)c(-c5ccccc5)n(CC(=O)N5CCS(=O)(=O)CC5)c4c3)CCCC2)cc1. The van der Waals surface area contributed by atoms with E-state index in [4.69, 9.17) is 5.11 Å². The van der Waals surface area contributed by atoms with Crippen LogP contribution in [0.5, 0.6) is 0 Å². The van der Waals surface area contributed by atoms with Crippen molar-refractivity contribution < 1.29 is 32.7 Å². The molecule has 11 nitrogen and oxygen atoms in total. The monoisotopic (exact) mass is 750 g/mol. The van der Waals surface area contributed by atoms with Gasteiger partial charge in [0.15, 0.2) is 9.84 Å². The van der Waals surface area contributed by atoms with E-state index in [2.05, 4.69) is 10.6 Å². The summed E-state index contributed by atoms with van der Waals surface area (Å²) >= 11 is 0. The van der Waals surface area contributed by atoms with Gasteiger partial charge in [-0.25, -0.2) is 13.2 Å². The minimum atomic E-state index is -3.17. The summed E-state index contributed by atoms with van der Waals surface area (Å²) in [6.07, 6.45) is 10.5. The first-order valence-corrected chi connectivity index (χ1v) is 20.7. The number of rotatable bonds is 10. The van der Waals surface area contributed by atoms with Crippen molar-refractivity contribution in [2.24, 2.45) is 0 Å². The van der Waals surface area contributed by atoms with Gasteiger partial charge in [-0.1, -0.05) is 80.6 Å². The minimum absolute atomic E-state index is 0.00417. The van der Waals surface area contributed by atoms with Gasteiger partial charge < -0.3 is 25.2 Å². The van der Waals surface area contributed by atoms with Gasteiger partial charge in [-0.2, -0.15) is 0 Å². The molecule has 3 amide bonds. The molecule has 3 aromatic carbocycles. The highest BCUT2D eigenvalue weighted by Gasteiger charge is 2.43. The van der Waals surface area contributed by atoms with Gasteiger partial charge in [0.2, 0.25) is 11.8 Å². The van der Waals surface area contributed by atoms with E-state index in [9.17, 15) is 27.6 Å². The third kappa shape index (κ3) is 7.99. The summed E-state index contributed by atoms with van der Waals surface area (Å²) in [6, 6.07) is 22.5. The second-order valence-corrected chi connectivity index (χ2v) is 17.1. The van der Waals surface area contributed by atoms with Gasteiger partial charge in [0, 0.05) is 35.8 Å². The Labute approximate surface area is 315 Å². The van der Waals surface area contributed by atoms with Crippen LogP contribution in [0.1, 0.15) is 85.2 Å². The van der Waals surface area contributed by atoms with Gasteiger partial charge in [-0.05, 0) is 78.6 Å². The largest absolute Gasteiger partial charge is 0.478 e. The van der Waals surface area contributed by atoms with Crippen molar-refractivity contribution >= 4 is 56.2 Å². The van der Waals surface area contributed by atoms with Gasteiger partial charge in [-0.15, -0.1) is 0 Å². The maximum absolute atomic E-state index is 14.2. The van der Waals surface area contributed by atoms with Crippen molar-refractivity contribution in [3.05, 3.63) is 95.6 Å². The smallest absolute Gasteiger partial charge is 0.328 e. The fourth-order valence-corrected chi connectivity index (χ4v) is 9.56. The number of carbonyl (C=O) groups excluding carboxylic acids is 3. The van der Waals surface area contributed by atoms with E-state index in [0.29, 0.717) is 29.7 Å². The number of hydrogen-bond donors (Lipinski definition) is 3. The molecule has 1 aromatic heterocycles. The van der Waals surface area contributed by atoms with E-state index >= 15 is 0 Å². The number of nitrogens with zero attached hydrogens (tertiary/aromatic N) is 2. The van der Waals surface area contributed by atoms with Crippen molar-refractivity contribution in [1.29, 1.82) is 0 Å². The number of fused-ring (bicyclic) bond motifs is 1. The molecule has 4 aromatic rings. The first-order valence-electron chi connectivity index (χ1n) is 18.9. The predicted molar refractivity (Wildman–Crippen MR) is 209 cm³/mol. The van der Waals surface area contributed by atoms with Gasteiger partial charge >= 0.3 is 5.97 Å². The number of sulfone groups is 1. The summed E-state index contributed by atoms with van der Waals surface area (Å²) in [5.74, 6) is -1.75. The predicted octanol–water partition coefficient (Wildman–Crippen LogP) is 6.39. The Morgan fingerprint density at radius 1 is 0.852 bits per heavy atom. The normalized spacial score (nSPS) is 18.5. The fraction of sp³-hybridized carbons (Fsp3) is 0.381. The highest BCUT2D eigenvalue weighted by Crippen LogP contribution is 2.44. The quantitative estimate of drug-likeness (QED) is 0.159. The average molecular weight is 751 g/mol. The summed E-state index contributed by atoms with van der Waals surface area (Å²) in [6.45, 7) is 0.302. The van der Waals surface area contributed by atoms with Crippen LogP contribution in [0, 0.1) is 0 Å². The number of hydrogen-bond acceptors (Lipinski definition) is 6. The Bertz CT molecular complexity index is 2180. The summed E-state index contributed by atoms with van der Waals surface area (Å²) in [5, 5.41) is 16.0. The van der Waals surface area contributed by atoms with Crippen LogP contribution in [0.2, 0.25) is 0 Å². The maximum Gasteiger partial charge on any atom is 0.328 e. The van der Waals surface area contributed by atoms with Gasteiger partial charge in [0.05, 0.1) is 22.7 Å². The lowest BCUT2D eigenvalue weighted by atomic mass is 9.81. The van der Waals surface area contributed by atoms with E-state index in [-0.39, 0.29) is 54.8 Å². The number of carboxylic acids is 1. The molecular weight excluding hydrogens is 705 g/mol. The highest BCUT2D eigenvalue weighted by molar-refractivity contribution is 7.91. The molecule has 3 fully saturated rings. The lowest BCUT2D eigenvalue weighted by Gasteiger charge is -2.29. The molecular formula is C42H46N4O7S. The van der Waals surface area contributed by atoms with E-state index in [1.807, 2.05) is 53.1 Å². The molecule has 7 rings (SSSR count). The summed E-state index contributed by atoms with van der Waals surface area (Å²) in [5.41, 5.74) is 4.31. The number of aliphatic carboxylic acids is 1. The Balaban J connectivity index is 1.23. The van der Waals surface area contributed by atoms with Crippen LogP contribution >= 0.6 is 0 Å². The Hall–Kier alpha value is -5.23. The van der Waals surface area contributed by atoms with E-state index < -0.39 is 21.3 Å². The zero-order valence-corrected chi connectivity index (χ0v) is 31.1. The van der Waals surface area contributed by atoms with Crippen molar-refractivity contribution in [2.45, 2.75) is 75.8 Å². The molecule has 0 unspecified atom stereocenters. The zero-order valence-electron chi connectivity index (χ0n) is 30.3. The molecule has 2 aliphatic carbocycles. The third-order valence-corrected chi connectivity index (χ3v) is 12.9. The van der Waals surface area contributed by atoms with Crippen molar-refractivity contribution in [1.82, 2.24) is 14.8 Å². The van der Waals surface area contributed by atoms with Crippen LogP contribution in [0.25, 0.3) is 28.2 Å². The molecule has 0 radical (unpaired) electrons. The number of amides is 3. The first-order chi connectivity index (χ1) is 26.0. The lowest BCUT2D eigenvalue weighted by Crippen LogP contribution is -2.55. The molecule has 0 bridgehead atoms. The third-order valence-electron chi connectivity index (χ3n) is 11.2. The molecule has 3 N–H and O–H groups in total. The standard InChI is InChI=1S/C42H46N4O7S/c47-36(45-23-25-54(52,53)26-24-45)28-46-35-27-32(16-19-34(35)38(30-9-3-1-4-10-30)39(46)31-11-5-2-6-12-31)40(50)44-42(21-7-8-22-42)41(51)43-33-17-13-29(14-18-33)15-20-37(48)49/h2,5-6,11-20,27,30H,1,3-4,7-10,21-26,28H2,(H,43,51)(H,44,50)(H,48,49)/b20-15+. The summed E-state index contributed by atoms with van der Waals surface area (Å²) in [4.78, 5) is 54.5. The van der Waals surface area contributed by atoms with Gasteiger partial charge in [-0.3, -0.25) is 14.4 Å². The van der Waals surface area contributed by atoms with Crippen LogP contribution in [0.15, 0.2) is 78.9 Å². The number of benzene rings is 3. The number of nitrogens with one attached hydrogen (secondary N) is 2. The molecule has 2 heterocycles. The summed E-state index contributed by atoms with van der Waals surface area (Å²) in [7, 11) is -3.17. The van der Waals surface area contributed by atoms with Crippen LogP contribution in [0.3, 0.4) is 0 Å². The number of carbonyl (C=O) groups is 4. The first kappa shape index (κ1) is 37.1. The average Bonchev–Trinajstić information content (AvgIpc) is 3.78. The Kier molecular flexibility index (Phi) is 10.7. The van der Waals surface area contributed by atoms with Crippen LogP contribution in [-0.4, -0.2) is 76.8 Å². The van der Waals surface area contributed by atoms with E-state index in [1.165, 1.54) is 18.1 Å². The fourth-order valence-electron chi connectivity index (χ4n) is 8.36. The molecule has 12 heteroatoms. The number of carboxylic acid groups (broad SMARTS) is 1. The van der Waals surface area contributed by atoms with E-state index in [0.717, 1.165) is 66.8 Å². The molecule has 0 spiro atoms. The van der Waals surface area contributed by atoms with Crippen LogP contribution in [0.4, 0.5) is 5.69 Å². The molecule has 282 valence electrons. The second-order valence-electron chi connectivity index (χ2n) is 14.8. The van der Waals surface area contributed by atoms with Crippen molar-refractivity contribution in [3.8, 4) is 11.3 Å². The van der Waals surface area contributed by atoms with Crippen LogP contribution in [-0.2, 0) is 30.8 Å².